The Morgan fingerprint density at radius 2 is 1.23 bits per heavy atom. The van der Waals surface area contributed by atoms with Crippen LogP contribution in [-0.4, -0.2) is 25.0 Å². The number of hydrogen-bond acceptors (Lipinski definition) is 4. The number of halogens is 2. The predicted octanol–water partition coefficient (Wildman–Crippen LogP) is 5.34. The van der Waals surface area contributed by atoms with Crippen molar-refractivity contribution >= 4 is 46.4 Å². The average Bonchev–Trinajstić information content (AvgIpc) is 2.75. The van der Waals surface area contributed by atoms with Crippen molar-refractivity contribution in [2.45, 2.75) is 6.92 Å². The minimum atomic E-state index is -0.331. The Kier molecular flexibility index (Phi) is 7.76. The van der Waals surface area contributed by atoms with Crippen LogP contribution < -0.4 is 20.1 Å². The molecule has 3 aromatic carbocycles. The molecule has 0 fully saturated rings. The van der Waals surface area contributed by atoms with Gasteiger partial charge in [-0.3, -0.25) is 9.59 Å². The first-order chi connectivity index (χ1) is 14.9. The van der Waals surface area contributed by atoms with Crippen LogP contribution in [0.25, 0.3) is 0 Å². The fourth-order valence-corrected chi connectivity index (χ4v) is 2.83. The zero-order valence-electron chi connectivity index (χ0n) is 16.7. The highest BCUT2D eigenvalue weighted by Gasteiger charge is 2.09. The average molecular weight is 459 g/mol. The zero-order valence-corrected chi connectivity index (χ0v) is 18.2. The molecule has 6 nitrogen and oxygen atoms in total. The Morgan fingerprint density at radius 3 is 1.74 bits per heavy atom. The highest BCUT2D eigenvalue weighted by molar-refractivity contribution is 6.30. The standard InChI is InChI=1S/C23H20Cl2N2O4/c1-15-2-7-18(26-22(28)13-30-19-8-3-16(24)4-9-19)12-21(15)27-23(29)14-31-20-10-5-17(25)6-11-20/h2-12H,13-14H2,1H3,(H,26,28)(H,27,29). The fraction of sp³-hybridized carbons (Fsp3) is 0.130. The molecule has 160 valence electrons. The van der Waals surface area contributed by atoms with Gasteiger partial charge in [0.1, 0.15) is 11.5 Å². The number of carbonyl (C=O) groups excluding carboxylic acids is 2. The third kappa shape index (κ3) is 7.20. The molecule has 0 saturated heterocycles. The molecule has 0 heterocycles. The number of anilines is 2. The minimum Gasteiger partial charge on any atom is -0.484 e. The molecule has 31 heavy (non-hydrogen) atoms. The maximum atomic E-state index is 12.2. The van der Waals surface area contributed by atoms with Crippen LogP contribution in [-0.2, 0) is 9.59 Å². The van der Waals surface area contributed by atoms with Gasteiger partial charge in [-0.25, -0.2) is 0 Å². The summed E-state index contributed by atoms with van der Waals surface area (Å²) in [6, 6.07) is 18.7. The molecule has 2 N–H and O–H groups in total. The van der Waals surface area contributed by atoms with Crippen LogP contribution in [0.3, 0.4) is 0 Å². The van der Waals surface area contributed by atoms with Crippen LogP contribution in [0.5, 0.6) is 11.5 Å². The molecule has 0 unspecified atom stereocenters. The van der Waals surface area contributed by atoms with Crippen molar-refractivity contribution in [1.82, 2.24) is 0 Å². The van der Waals surface area contributed by atoms with Crippen LogP contribution in [0.1, 0.15) is 5.56 Å². The summed E-state index contributed by atoms with van der Waals surface area (Å²) in [4.78, 5) is 24.4. The molecule has 0 aromatic heterocycles. The number of nitrogens with one attached hydrogen (secondary N) is 2. The van der Waals surface area contributed by atoms with Crippen molar-refractivity contribution in [3.05, 3.63) is 82.3 Å². The summed E-state index contributed by atoms with van der Waals surface area (Å²) >= 11 is 11.7. The van der Waals surface area contributed by atoms with Crippen LogP contribution >= 0.6 is 23.2 Å². The number of carbonyl (C=O) groups is 2. The van der Waals surface area contributed by atoms with Gasteiger partial charge >= 0.3 is 0 Å². The first-order valence-electron chi connectivity index (χ1n) is 9.36. The summed E-state index contributed by atoms with van der Waals surface area (Å²) < 4.78 is 10.9. The third-order valence-electron chi connectivity index (χ3n) is 4.16. The molecule has 0 atom stereocenters. The van der Waals surface area contributed by atoms with Crippen LogP contribution in [0.4, 0.5) is 11.4 Å². The number of aryl methyl sites for hydroxylation is 1. The molecule has 0 saturated carbocycles. The van der Waals surface area contributed by atoms with Gasteiger partial charge in [-0.15, -0.1) is 0 Å². The molecular weight excluding hydrogens is 439 g/mol. The fourth-order valence-electron chi connectivity index (χ4n) is 2.58. The molecule has 0 aliphatic carbocycles. The molecular formula is C23H20Cl2N2O4. The first kappa shape index (κ1) is 22.5. The van der Waals surface area contributed by atoms with E-state index in [1.165, 1.54) is 0 Å². The van der Waals surface area contributed by atoms with Gasteiger partial charge in [-0.2, -0.15) is 0 Å². The molecule has 3 rings (SSSR count). The van der Waals surface area contributed by atoms with Crippen LogP contribution in [0.15, 0.2) is 66.7 Å². The minimum absolute atomic E-state index is 0.160. The number of benzene rings is 3. The molecule has 0 radical (unpaired) electrons. The van der Waals surface area contributed by atoms with E-state index < -0.39 is 0 Å². The molecule has 0 aliphatic rings. The van der Waals surface area contributed by atoms with Crippen molar-refractivity contribution in [3.8, 4) is 11.5 Å². The zero-order chi connectivity index (χ0) is 22.2. The lowest BCUT2D eigenvalue weighted by molar-refractivity contribution is -0.118. The van der Waals surface area contributed by atoms with E-state index in [9.17, 15) is 9.59 Å². The van der Waals surface area contributed by atoms with Gasteiger partial charge in [0.05, 0.1) is 0 Å². The van der Waals surface area contributed by atoms with Crippen LogP contribution in [0.2, 0.25) is 10.0 Å². The van der Waals surface area contributed by atoms with Gasteiger partial charge in [0.15, 0.2) is 13.2 Å². The molecule has 0 bridgehead atoms. The van der Waals surface area contributed by atoms with Crippen molar-refractivity contribution in [2.24, 2.45) is 0 Å². The van der Waals surface area contributed by atoms with Crippen molar-refractivity contribution < 1.29 is 19.1 Å². The van der Waals surface area contributed by atoms with E-state index in [0.29, 0.717) is 32.9 Å². The summed E-state index contributed by atoms with van der Waals surface area (Å²) in [7, 11) is 0. The summed E-state index contributed by atoms with van der Waals surface area (Å²) in [6.45, 7) is 1.53. The maximum Gasteiger partial charge on any atom is 0.262 e. The Hall–Kier alpha value is -3.22. The van der Waals surface area contributed by atoms with Gasteiger partial charge in [0.25, 0.3) is 11.8 Å². The predicted molar refractivity (Wildman–Crippen MR) is 122 cm³/mol. The second-order valence-corrected chi connectivity index (χ2v) is 7.48. The van der Waals surface area contributed by atoms with Gasteiger partial charge in [-0.1, -0.05) is 29.3 Å². The topological polar surface area (TPSA) is 76.7 Å². The maximum absolute atomic E-state index is 12.2. The Balaban J connectivity index is 1.52. The highest BCUT2D eigenvalue weighted by atomic mass is 35.5. The monoisotopic (exact) mass is 458 g/mol. The van der Waals surface area contributed by atoms with E-state index in [2.05, 4.69) is 10.6 Å². The second-order valence-electron chi connectivity index (χ2n) is 6.61. The molecule has 3 aromatic rings. The normalized spacial score (nSPS) is 10.3. The van der Waals surface area contributed by atoms with Gasteiger partial charge in [0, 0.05) is 21.4 Å². The van der Waals surface area contributed by atoms with E-state index in [4.69, 9.17) is 32.7 Å². The SMILES string of the molecule is Cc1ccc(NC(=O)COc2ccc(Cl)cc2)cc1NC(=O)COc1ccc(Cl)cc1. The second kappa shape index (κ2) is 10.7. The van der Waals surface area contributed by atoms with Crippen molar-refractivity contribution in [1.29, 1.82) is 0 Å². The molecule has 2 amide bonds. The van der Waals surface area contributed by atoms with E-state index in [1.54, 1.807) is 66.7 Å². The van der Waals surface area contributed by atoms with E-state index in [-0.39, 0.29) is 25.0 Å². The summed E-state index contributed by atoms with van der Waals surface area (Å²) in [5, 5.41) is 6.70. The smallest absolute Gasteiger partial charge is 0.262 e. The van der Waals surface area contributed by atoms with Crippen LogP contribution in [0, 0.1) is 6.92 Å². The number of ether oxygens (including phenoxy) is 2. The molecule has 8 heteroatoms. The van der Waals surface area contributed by atoms with Crippen molar-refractivity contribution in [3.63, 3.8) is 0 Å². The lowest BCUT2D eigenvalue weighted by Crippen LogP contribution is -2.22. The largest absolute Gasteiger partial charge is 0.484 e. The number of hydrogen-bond donors (Lipinski definition) is 2. The first-order valence-corrected chi connectivity index (χ1v) is 10.1. The lowest BCUT2D eigenvalue weighted by Gasteiger charge is -2.12. The van der Waals surface area contributed by atoms with Gasteiger partial charge < -0.3 is 20.1 Å². The summed E-state index contributed by atoms with van der Waals surface area (Å²) in [5.74, 6) is 0.421. The van der Waals surface area contributed by atoms with Crippen molar-refractivity contribution in [2.75, 3.05) is 23.8 Å². The number of rotatable bonds is 8. The summed E-state index contributed by atoms with van der Waals surface area (Å²) in [6.07, 6.45) is 0. The summed E-state index contributed by atoms with van der Waals surface area (Å²) in [5.41, 5.74) is 1.95. The Bertz CT molecular complexity index is 1050. The third-order valence-corrected chi connectivity index (χ3v) is 4.67. The Morgan fingerprint density at radius 1 is 0.742 bits per heavy atom. The van der Waals surface area contributed by atoms with E-state index in [0.717, 1.165) is 5.56 Å². The highest BCUT2D eigenvalue weighted by Crippen LogP contribution is 2.21. The molecule has 0 spiro atoms. The van der Waals surface area contributed by atoms with Gasteiger partial charge in [-0.05, 0) is 73.2 Å². The van der Waals surface area contributed by atoms with E-state index >= 15 is 0 Å². The Labute approximate surface area is 190 Å². The molecule has 0 aliphatic heterocycles. The van der Waals surface area contributed by atoms with Gasteiger partial charge in [0.2, 0.25) is 0 Å². The van der Waals surface area contributed by atoms with E-state index in [1.807, 2.05) is 6.92 Å². The lowest BCUT2D eigenvalue weighted by atomic mass is 10.1. The number of amides is 2. The quantitative estimate of drug-likeness (QED) is 0.477.